The van der Waals surface area contributed by atoms with Crippen molar-refractivity contribution in [2.75, 3.05) is 6.61 Å². The smallest absolute Gasteiger partial charge is 0.303 e. The number of benzene rings is 3. The van der Waals surface area contributed by atoms with Gasteiger partial charge >= 0.3 is 5.97 Å². The molecule has 6 nitrogen and oxygen atoms in total. The van der Waals surface area contributed by atoms with Gasteiger partial charge < -0.3 is 19.8 Å². The number of amides is 1. The summed E-state index contributed by atoms with van der Waals surface area (Å²) in [5.74, 6) is -0.595. The van der Waals surface area contributed by atoms with E-state index in [1.165, 1.54) is 4.90 Å². The standard InChI is InChI=1S/C31H31NO5S/c33-29(34)13-5-2-8-19-37-28-12-7-6-11-27(28)31(36)32(21-23-9-3-1-4-10-23)30(35)25-16-14-24(15-17-25)26-18-20-38-22-26/h1,3-4,6-7,9-12,14-18,20,22,31,36H,2,5,8,13,19,21H2,(H,33,34). The Balaban J connectivity index is 1.53. The molecular formula is C31H31NO5S. The second kappa shape index (κ2) is 13.6. The number of carboxylic acids is 1. The summed E-state index contributed by atoms with van der Waals surface area (Å²) in [5, 5.41) is 24.4. The molecule has 0 saturated heterocycles. The van der Waals surface area contributed by atoms with Crippen LogP contribution in [0.15, 0.2) is 95.7 Å². The predicted octanol–water partition coefficient (Wildman–Crippen LogP) is 6.77. The molecule has 1 heterocycles. The molecule has 0 bridgehead atoms. The van der Waals surface area contributed by atoms with Gasteiger partial charge in [0.05, 0.1) is 6.61 Å². The Morgan fingerprint density at radius 1 is 0.842 bits per heavy atom. The molecule has 0 radical (unpaired) electrons. The highest BCUT2D eigenvalue weighted by molar-refractivity contribution is 7.08. The van der Waals surface area contributed by atoms with Gasteiger partial charge in [0.2, 0.25) is 0 Å². The number of nitrogens with zero attached hydrogens (tertiary/aromatic N) is 1. The second-order valence-electron chi connectivity index (χ2n) is 8.97. The van der Waals surface area contributed by atoms with E-state index in [-0.39, 0.29) is 18.9 Å². The lowest BCUT2D eigenvalue weighted by Crippen LogP contribution is -2.34. The molecule has 4 aromatic rings. The van der Waals surface area contributed by atoms with Crippen LogP contribution in [0.5, 0.6) is 5.75 Å². The van der Waals surface area contributed by atoms with E-state index in [2.05, 4.69) is 5.38 Å². The van der Waals surface area contributed by atoms with E-state index in [0.717, 1.165) is 23.1 Å². The van der Waals surface area contributed by atoms with Crippen molar-refractivity contribution in [3.8, 4) is 16.9 Å². The lowest BCUT2D eigenvalue weighted by Gasteiger charge is -2.30. The Hall–Kier alpha value is -3.94. The maximum atomic E-state index is 13.7. The van der Waals surface area contributed by atoms with Crippen LogP contribution in [-0.4, -0.2) is 33.6 Å². The molecule has 2 N–H and O–H groups in total. The van der Waals surface area contributed by atoms with Crippen LogP contribution in [0.4, 0.5) is 0 Å². The van der Waals surface area contributed by atoms with Gasteiger partial charge in [-0.15, -0.1) is 0 Å². The van der Waals surface area contributed by atoms with Crippen LogP contribution in [0.1, 0.15) is 53.4 Å². The third-order valence-electron chi connectivity index (χ3n) is 6.23. The highest BCUT2D eigenvalue weighted by Gasteiger charge is 2.27. The monoisotopic (exact) mass is 529 g/mol. The van der Waals surface area contributed by atoms with E-state index in [1.54, 1.807) is 41.7 Å². The van der Waals surface area contributed by atoms with Gasteiger partial charge in [0.25, 0.3) is 5.91 Å². The highest BCUT2D eigenvalue weighted by atomic mass is 32.1. The lowest BCUT2D eigenvalue weighted by molar-refractivity contribution is -0.137. The zero-order valence-electron chi connectivity index (χ0n) is 21.0. The van der Waals surface area contributed by atoms with Crippen molar-refractivity contribution >= 4 is 23.2 Å². The predicted molar refractivity (Wildman–Crippen MR) is 149 cm³/mol. The molecule has 3 aromatic carbocycles. The number of carbonyl (C=O) groups is 2. The Bertz CT molecular complexity index is 1310. The van der Waals surface area contributed by atoms with Crippen molar-refractivity contribution in [2.24, 2.45) is 0 Å². The minimum Gasteiger partial charge on any atom is -0.493 e. The number of aliphatic carboxylic acids is 1. The first kappa shape index (κ1) is 27.1. The zero-order valence-corrected chi connectivity index (χ0v) is 21.8. The van der Waals surface area contributed by atoms with Crippen molar-refractivity contribution in [2.45, 2.75) is 38.5 Å². The maximum Gasteiger partial charge on any atom is 0.303 e. The fourth-order valence-electron chi connectivity index (χ4n) is 4.18. The van der Waals surface area contributed by atoms with Crippen LogP contribution in [0.25, 0.3) is 11.1 Å². The summed E-state index contributed by atoms with van der Waals surface area (Å²) in [7, 11) is 0. The molecule has 7 heteroatoms. The molecule has 1 aromatic heterocycles. The van der Waals surface area contributed by atoms with E-state index in [4.69, 9.17) is 9.84 Å². The summed E-state index contributed by atoms with van der Waals surface area (Å²) >= 11 is 1.62. The Morgan fingerprint density at radius 2 is 1.58 bits per heavy atom. The van der Waals surface area contributed by atoms with Gasteiger partial charge in [-0.3, -0.25) is 9.59 Å². The number of hydrogen-bond acceptors (Lipinski definition) is 5. The molecule has 0 fully saturated rings. The number of carboxylic acid groups (broad SMARTS) is 1. The lowest BCUT2D eigenvalue weighted by atomic mass is 10.0. The summed E-state index contributed by atoms with van der Waals surface area (Å²) in [6.45, 7) is 0.608. The normalized spacial score (nSPS) is 11.6. The topological polar surface area (TPSA) is 87.1 Å². The molecule has 196 valence electrons. The van der Waals surface area contributed by atoms with E-state index < -0.39 is 12.2 Å². The fraction of sp³-hybridized carbons (Fsp3) is 0.226. The molecule has 38 heavy (non-hydrogen) atoms. The van der Waals surface area contributed by atoms with Crippen molar-refractivity contribution in [1.29, 1.82) is 0 Å². The summed E-state index contributed by atoms with van der Waals surface area (Å²) in [5.41, 5.74) is 4.00. The van der Waals surface area contributed by atoms with E-state index in [9.17, 15) is 14.7 Å². The molecule has 1 atom stereocenters. The molecule has 0 aliphatic rings. The summed E-state index contributed by atoms with van der Waals surface area (Å²) < 4.78 is 5.96. The van der Waals surface area contributed by atoms with Gasteiger partial charge in [-0.2, -0.15) is 11.3 Å². The van der Waals surface area contributed by atoms with Gasteiger partial charge in [-0.05, 0) is 71.0 Å². The Morgan fingerprint density at radius 3 is 2.29 bits per heavy atom. The summed E-state index contributed by atoms with van der Waals surface area (Å²) in [6, 6.07) is 26.2. The quantitative estimate of drug-likeness (QED) is 0.147. The van der Waals surface area contributed by atoms with Gasteiger partial charge in [-0.1, -0.05) is 60.7 Å². The van der Waals surface area contributed by atoms with Gasteiger partial charge in [0, 0.05) is 24.1 Å². The largest absolute Gasteiger partial charge is 0.493 e. The minimum atomic E-state index is -1.23. The number of unbranched alkanes of at least 4 members (excludes halogenated alkanes) is 2. The van der Waals surface area contributed by atoms with Crippen molar-refractivity contribution < 1.29 is 24.5 Å². The first-order valence-corrected chi connectivity index (χ1v) is 13.6. The number of thiophene rings is 1. The summed E-state index contributed by atoms with van der Waals surface area (Å²) in [6.07, 6.45) is 0.924. The van der Waals surface area contributed by atoms with Gasteiger partial charge in [-0.25, -0.2) is 0 Å². The Labute approximate surface area is 226 Å². The van der Waals surface area contributed by atoms with Crippen LogP contribution in [0, 0.1) is 0 Å². The molecule has 0 aliphatic carbocycles. The van der Waals surface area contributed by atoms with Crippen LogP contribution in [-0.2, 0) is 11.3 Å². The molecule has 0 spiro atoms. The molecule has 0 aliphatic heterocycles. The van der Waals surface area contributed by atoms with Gasteiger partial charge in [0.1, 0.15) is 5.75 Å². The van der Waals surface area contributed by atoms with E-state index >= 15 is 0 Å². The minimum absolute atomic E-state index is 0.139. The SMILES string of the molecule is O=C(O)CCCCCOc1ccccc1C(O)N(Cc1ccccc1)C(=O)c1ccc(-c2ccsc2)cc1. The number of hydrogen-bond donors (Lipinski definition) is 2. The van der Waals surface area contributed by atoms with Crippen LogP contribution in [0.2, 0.25) is 0 Å². The molecular weight excluding hydrogens is 498 g/mol. The Kier molecular flexibility index (Phi) is 9.67. The fourth-order valence-corrected chi connectivity index (χ4v) is 4.84. The molecule has 1 amide bonds. The first-order chi connectivity index (χ1) is 18.5. The van der Waals surface area contributed by atoms with Crippen molar-refractivity contribution in [3.05, 3.63) is 112 Å². The molecule has 0 saturated carbocycles. The van der Waals surface area contributed by atoms with E-state index in [1.807, 2.05) is 60.0 Å². The first-order valence-electron chi connectivity index (χ1n) is 12.6. The zero-order chi connectivity index (χ0) is 26.7. The number of rotatable bonds is 13. The number of para-hydroxylation sites is 1. The molecule has 1 unspecified atom stereocenters. The third-order valence-corrected chi connectivity index (χ3v) is 6.91. The number of carbonyl (C=O) groups excluding carboxylic acids is 1. The van der Waals surface area contributed by atoms with Crippen LogP contribution >= 0.6 is 11.3 Å². The number of ether oxygens (including phenoxy) is 1. The third kappa shape index (κ3) is 7.31. The van der Waals surface area contributed by atoms with Gasteiger partial charge in [0.15, 0.2) is 6.23 Å². The average Bonchev–Trinajstić information content (AvgIpc) is 3.49. The van der Waals surface area contributed by atoms with Crippen molar-refractivity contribution in [3.63, 3.8) is 0 Å². The van der Waals surface area contributed by atoms with Crippen LogP contribution < -0.4 is 4.74 Å². The molecule has 4 rings (SSSR count). The second-order valence-corrected chi connectivity index (χ2v) is 9.75. The van der Waals surface area contributed by atoms with Crippen LogP contribution in [0.3, 0.4) is 0 Å². The maximum absolute atomic E-state index is 13.7. The van der Waals surface area contributed by atoms with E-state index in [0.29, 0.717) is 36.3 Å². The van der Waals surface area contributed by atoms with Crippen molar-refractivity contribution in [1.82, 2.24) is 4.90 Å². The highest BCUT2D eigenvalue weighted by Crippen LogP contribution is 2.31. The number of aliphatic hydroxyl groups excluding tert-OH is 1. The number of aliphatic hydroxyl groups is 1. The summed E-state index contributed by atoms with van der Waals surface area (Å²) in [4.78, 5) is 25.9. The average molecular weight is 530 g/mol.